The first kappa shape index (κ1) is 24.8. The zero-order valence-corrected chi connectivity index (χ0v) is 21.7. The molecule has 4 aromatic rings. The highest BCUT2D eigenvalue weighted by atomic mass is 79.9. The predicted molar refractivity (Wildman–Crippen MR) is 136 cm³/mol. The van der Waals surface area contributed by atoms with Gasteiger partial charge in [-0.25, -0.2) is 19.3 Å². The minimum absolute atomic E-state index is 0.0634. The van der Waals surface area contributed by atoms with Gasteiger partial charge < -0.3 is 15.1 Å². The second-order valence-corrected chi connectivity index (χ2v) is 10.1. The number of carbonyl (C=O) groups is 2. The zero-order chi connectivity index (χ0) is 26.5. The molecule has 37 heavy (non-hydrogen) atoms. The van der Waals surface area contributed by atoms with Crippen LogP contribution in [-0.2, 0) is 20.6 Å². The molecule has 0 aliphatic carbocycles. The number of carbonyl (C=O) groups excluding carboxylic acids is 1. The summed E-state index contributed by atoms with van der Waals surface area (Å²) in [5, 5.41) is 28.4. The van der Waals surface area contributed by atoms with Gasteiger partial charge in [-0.2, -0.15) is 0 Å². The summed E-state index contributed by atoms with van der Waals surface area (Å²) in [5.41, 5.74) is 1.68. The van der Waals surface area contributed by atoms with Crippen LogP contribution in [0.2, 0.25) is 0 Å². The average molecular weight is 570 g/mol. The van der Waals surface area contributed by atoms with Crippen molar-refractivity contribution in [3.05, 3.63) is 62.9 Å². The predicted octanol–water partition coefficient (Wildman–Crippen LogP) is 1.66. The maximum Gasteiger partial charge on any atom is 0.354 e. The van der Waals surface area contributed by atoms with E-state index in [1.807, 2.05) is 0 Å². The lowest BCUT2D eigenvalue weighted by Gasteiger charge is -2.38. The second-order valence-electron chi connectivity index (χ2n) is 9.28. The van der Waals surface area contributed by atoms with E-state index in [-0.39, 0.29) is 23.8 Å². The monoisotopic (exact) mass is 569 g/mol. The fraction of sp³-hybridized carbons (Fsp3) is 0.333. The van der Waals surface area contributed by atoms with E-state index in [1.165, 1.54) is 21.4 Å². The van der Waals surface area contributed by atoms with E-state index in [1.54, 1.807) is 48.1 Å². The second kappa shape index (κ2) is 9.23. The van der Waals surface area contributed by atoms with Crippen LogP contribution >= 0.6 is 15.9 Å². The van der Waals surface area contributed by atoms with Crippen LogP contribution in [0.15, 0.2) is 45.9 Å². The molecule has 1 aliphatic rings. The summed E-state index contributed by atoms with van der Waals surface area (Å²) < 4.78 is 5.19. The summed E-state index contributed by atoms with van der Waals surface area (Å²) in [7, 11) is 3.36. The highest BCUT2D eigenvalue weighted by Gasteiger charge is 2.35. The molecule has 0 bridgehead atoms. The van der Waals surface area contributed by atoms with Crippen LogP contribution in [0.4, 0.5) is 0 Å². The van der Waals surface area contributed by atoms with E-state index < -0.39 is 11.6 Å². The Balaban J connectivity index is 1.26. The summed E-state index contributed by atoms with van der Waals surface area (Å²) in [6.07, 6.45) is 3.79. The molecular weight excluding hydrogens is 546 g/mol. The first-order valence-corrected chi connectivity index (χ1v) is 12.3. The zero-order valence-electron chi connectivity index (χ0n) is 20.1. The third kappa shape index (κ3) is 4.55. The summed E-state index contributed by atoms with van der Waals surface area (Å²) in [6.45, 7) is 0.912. The summed E-state index contributed by atoms with van der Waals surface area (Å²) in [5.74, 6) is -1.28. The number of hydrogen-bond donors (Lipinski definition) is 2. The molecule has 1 saturated heterocycles. The molecule has 0 unspecified atom stereocenters. The Morgan fingerprint density at radius 3 is 2.41 bits per heavy atom. The molecule has 0 radical (unpaired) electrons. The summed E-state index contributed by atoms with van der Waals surface area (Å²) >= 11 is 3.48. The quantitative estimate of drug-likeness (QED) is 0.368. The van der Waals surface area contributed by atoms with Crippen LogP contribution in [0.5, 0.6) is 0 Å². The van der Waals surface area contributed by atoms with E-state index in [0.29, 0.717) is 52.7 Å². The van der Waals surface area contributed by atoms with Gasteiger partial charge in [0.1, 0.15) is 11.4 Å². The minimum atomic E-state index is -1.11. The number of fused-ring (bicyclic) bond motifs is 1. The number of amides is 1. The summed E-state index contributed by atoms with van der Waals surface area (Å²) in [4.78, 5) is 42.2. The number of benzene rings is 1. The molecule has 192 valence electrons. The van der Waals surface area contributed by atoms with Crippen molar-refractivity contribution in [3.63, 3.8) is 0 Å². The van der Waals surface area contributed by atoms with Crippen molar-refractivity contribution in [1.29, 1.82) is 0 Å². The molecule has 3 aromatic heterocycles. The molecule has 4 heterocycles. The van der Waals surface area contributed by atoms with Gasteiger partial charge in [0, 0.05) is 43.4 Å². The first-order chi connectivity index (χ1) is 17.6. The van der Waals surface area contributed by atoms with Crippen molar-refractivity contribution in [3.8, 4) is 11.3 Å². The van der Waals surface area contributed by atoms with E-state index in [2.05, 4.69) is 31.2 Å². The van der Waals surface area contributed by atoms with Crippen molar-refractivity contribution in [1.82, 2.24) is 34.0 Å². The number of rotatable bonds is 5. The van der Waals surface area contributed by atoms with Crippen LogP contribution in [0, 0.1) is 0 Å². The lowest BCUT2D eigenvalue weighted by Crippen LogP contribution is -2.48. The van der Waals surface area contributed by atoms with Gasteiger partial charge in [0.15, 0.2) is 0 Å². The molecule has 0 saturated carbocycles. The van der Waals surface area contributed by atoms with Crippen molar-refractivity contribution < 1.29 is 19.8 Å². The number of nitrogens with zero attached hydrogens (tertiary/aromatic N) is 7. The van der Waals surface area contributed by atoms with Crippen molar-refractivity contribution in [2.75, 3.05) is 13.1 Å². The van der Waals surface area contributed by atoms with Gasteiger partial charge in [-0.3, -0.25) is 13.9 Å². The van der Waals surface area contributed by atoms with Crippen LogP contribution < -0.4 is 5.69 Å². The number of aromatic carboxylic acids is 1. The molecule has 2 N–H and O–H groups in total. The Hall–Kier alpha value is -3.84. The fourth-order valence-electron chi connectivity index (χ4n) is 4.62. The highest BCUT2D eigenvalue weighted by molar-refractivity contribution is 9.10. The third-order valence-electron chi connectivity index (χ3n) is 6.85. The Bertz CT molecular complexity index is 1580. The largest absolute Gasteiger partial charge is 0.477 e. The molecule has 1 fully saturated rings. The van der Waals surface area contributed by atoms with Crippen LogP contribution in [0.3, 0.4) is 0 Å². The number of aliphatic hydroxyl groups is 1. The van der Waals surface area contributed by atoms with Crippen LogP contribution in [-0.4, -0.2) is 74.8 Å². The Labute approximate surface area is 218 Å². The number of aryl methyl sites for hydroxylation is 2. The number of hydrogen-bond acceptors (Lipinski definition) is 7. The van der Waals surface area contributed by atoms with Crippen LogP contribution in [0.25, 0.3) is 22.3 Å². The smallest absolute Gasteiger partial charge is 0.354 e. The minimum Gasteiger partial charge on any atom is -0.477 e. The van der Waals surface area contributed by atoms with Gasteiger partial charge in [-0.15, -0.1) is 5.10 Å². The van der Waals surface area contributed by atoms with Gasteiger partial charge in [0.2, 0.25) is 0 Å². The SMILES string of the molecule is Cn1c(=O)n(C)c2cc(C(=O)N3CCC(O)(Cn4cc(-c5ccc(C(=O)O)nc5)nn4)CC3)c(Br)cc21. The van der Waals surface area contributed by atoms with Crippen molar-refractivity contribution in [2.45, 2.75) is 25.0 Å². The molecule has 1 aromatic carbocycles. The molecule has 1 amide bonds. The Morgan fingerprint density at radius 2 is 1.78 bits per heavy atom. The van der Waals surface area contributed by atoms with Gasteiger partial charge in [0.25, 0.3) is 5.91 Å². The van der Waals surface area contributed by atoms with Gasteiger partial charge in [-0.05, 0) is 53.0 Å². The topological polar surface area (TPSA) is 148 Å². The Kier molecular flexibility index (Phi) is 6.20. The standard InChI is InChI=1S/C24H24BrN7O5/c1-29-19-9-15(16(25)10-20(19)30(2)23(29)36)21(33)31-7-5-24(37,6-8-31)13-32-12-18(27-28-32)14-3-4-17(22(34)35)26-11-14/h3-4,9-12,37H,5-8,13H2,1-2H3,(H,34,35). The first-order valence-electron chi connectivity index (χ1n) is 11.5. The van der Waals surface area contributed by atoms with Crippen molar-refractivity contribution in [2.24, 2.45) is 14.1 Å². The molecule has 12 nitrogen and oxygen atoms in total. The maximum absolute atomic E-state index is 13.3. The molecule has 1 aliphatic heterocycles. The number of imidazole rings is 1. The fourth-order valence-corrected chi connectivity index (χ4v) is 5.12. The number of carboxylic acid groups (broad SMARTS) is 1. The van der Waals surface area contributed by atoms with E-state index in [0.717, 1.165) is 5.52 Å². The number of aromatic nitrogens is 6. The lowest BCUT2D eigenvalue weighted by atomic mass is 9.91. The average Bonchev–Trinajstić information content (AvgIpc) is 3.42. The number of piperidine rings is 1. The number of likely N-dealkylation sites (tertiary alicyclic amines) is 1. The normalized spacial score (nSPS) is 15.3. The molecular formula is C24H24BrN7O5. The highest BCUT2D eigenvalue weighted by Crippen LogP contribution is 2.29. The molecule has 5 rings (SSSR count). The molecule has 13 heteroatoms. The molecule has 0 atom stereocenters. The molecule has 0 spiro atoms. The van der Waals surface area contributed by atoms with E-state index in [9.17, 15) is 19.5 Å². The number of pyridine rings is 1. The number of carboxylic acids is 1. The van der Waals surface area contributed by atoms with E-state index in [4.69, 9.17) is 5.11 Å². The number of halogens is 1. The van der Waals surface area contributed by atoms with Gasteiger partial charge in [0.05, 0.1) is 34.9 Å². The van der Waals surface area contributed by atoms with Crippen molar-refractivity contribution >= 4 is 38.8 Å². The van der Waals surface area contributed by atoms with Crippen LogP contribution in [0.1, 0.15) is 33.7 Å². The lowest BCUT2D eigenvalue weighted by molar-refractivity contribution is -0.0318. The Morgan fingerprint density at radius 1 is 1.11 bits per heavy atom. The third-order valence-corrected chi connectivity index (χ3v) is 7.50. The summed E-state index contributed by atoms with van der Waals surface area (Å²) in [6, 6.07) is 6.49. The van der Waals surface area contributed by atoms with Gasteiger partial charge in [-0.1, -0.05) is 5.21 Å². The van der Waals surface area contributed by atoms with Gasteiger partial charge >= 0.3 is 11.7 Å². The maximum atomic E-state index is 13.3. The van der Waals surface area contributed by atoms with E-state index >= 15 is 0 Å².